The number of hydrogen-bond donors (Lipinski definition) is 1. The molecular weight excluding hydrogens is 320 g/mol. The number of nitrogens with one attached hydrogen (secondary N) is 1. The highest BCUT2D eigenvalue weighted by molar-refractivity contribution is 9.10. The van der Waals surface area contributed by atoms with Crippen LogP contribution < -0.4 is 10.9 Å². The summed E-state index contributed by atoms with van der Waals surface area (Å²) in [5.41, 5.74) is 0.755. The SMILES string of the molecule is CCCn1ncc(NC2CCCN(CC)C2)c(Br)c1=O. The average molecular weight is 343 g/mol. The van der Waals surface area contributed by atoms with Crippen molar-refractivity contribution in [3.05, 3.63) is 21.0 Å². The summed E-state index contributed by atoms with van der Waals surface area (Å²) in [5.74, 6) is 0. The second-order valence-electron chi connectivity index (χ2n) is 5.28. The fourth-order valence-electron chi connectivity index (χ4n) is 2.62. The first-order valence-electron chi connectivity index (χ1n) is 7.40. The van der Waals surface area contributed by atoms with Gasteiger partial charge in [-0.1, -0.05) is 13.8 Å². The van der Waals surface area contributed by atoms with Crippen molar-refractivity contribution < 1.29 is 0 Å². The third-order valence-electron chi connectivity index (χ3n) is 3.73. The Morgan fingerprint density at radius 1 is 1.50 bits per heavy atom. The molecule has 0 spiro atoms. The summed E-state index contributed by atoms with van der Waals surface area (Å²) in [4.78, 5) is 14.6. The molecule has 1 aliphatic rings. The molecule has 0 bridgehead atoms. The van der Waals surface area contributed by atoms with Gasteiger partial charge in [-0.2, -0.15) is 5.10 Å². The van der Waals surface area contributed by atoms with Crippen molar-refractivity contribution in [3.63, 3.8) is 0 Å². The summed E-state index contributed by atoms with van der Waals surface area (Å²) in [7, 11) is 0. The maximum absolute atomic E-state index is 12.1. The van der Waals surface area contributed by atoms with Gasteiger partial charge in [0.1, 0.15) is 4.47 Å². The molecule has 0 radical (unpaired) electrons. The van der Waals surface area contributed by atoms with Crippen LogP contribution >= 0.6 is 15.9 Å². The number of piperidine rings is 1. The van der Waals surface area contributed by atoms with Crippen LogP contribution in [0, 0.1) is 0 Å². The number of hydrogen-bond acceptors (Lipinski definition) is 4. The monoisotopic (exact) mass is 342 g/mol. The molecule has 0 saturated carbocycles. The van der Waals surface area contributed by atoms with Crippen LogP contribution in [0.2, 0.25) is 0 Å². The summed E-state index contributed by atoms with van der Waals surface area (Å²) in [6.07, 6.45) is 5.00. The maximum Gasteiger partial charge on any atom is 0.283 e. The van der Waals surface area contributed by atoms with E-state index < -0.39 is 0 Å². The molecule has 6 heteroatoms. The lowest BCUT2D eigenvalue weighted by Crippen LogP contribution is -2.42. The largest absolute Gasteiger partial charge is 0.379 e. The van der Waals surface area contributed by atoms with Gasteiger partial charge in [-0.15, -0.1) is 0 Å². The van der Waals surface area contributed by atoms with Crippen molar-refractivity contribution in [2.75, 3.05) is 25.0 Å². The maximum atomic E-state index is 12.1. The summed E-state index contributed by atoms with van der Waals surface area (Å²) >= 11 is 3.41. The van der Waals surface area contributed by atoms with Gasteiger partial charge in [-0.05, 0) is 48.3 Å². The Kier molecular flexibility index (Phi) is 5.60. The molecule has 0 amide bonds. The lowest BCUT2D eigenvalue weighted by molar-refractivity contribution is 0.227. The predicted molar refractivity (Wildman–Crippen MR) is 85.2 cm³/mol. The molecule has 1 aromatic rings. The Balaban J connectivity index is 2.10. The van der Waals surface area contributed by atoms with E-state index in [1.165, 1.54) is 17.6 Å². The lowest BCUT2D eigenvalue weighted by atomic mass is 10.1. The summed E-state index contributed by atoms with van der Waals surface area (Å²) in [6, 6.07) is 0.392. The van der Waals surface area contributed by atoms with Crippen LogP contribution in [0.1, 0.15) is 33.1 Å². The smallest absolute Gasteiger partial charge is 0.283 e. The van der Waals surface area contributed by atoms with Crippen molar-refractivity contribution in [1.82, 2.24) is 14.7 Å². The number of anilines is 1. The second kappa shape index (κ2) is 7.22. The van der Waals surface area contributed by atoms with Crippen LogP contribution in [0.4, 0.5) is 5.69 Å². The minimum Gasteiger partial charge on any atom is -0.379 e. The van der Waals surface area contributed by atoms with Gasteiger partial charge in [0.2, 0.25) is 0 Å². The molecule has 0 aliphatic carbocycles. The fraction of sp³-hybridized carbons (Fsp3) is 0.714. The van der Waals surface area contributed by atoms with Crippen molar-refractivity contribution >= 4 is 21.6 Å². The van der Waals surface area contributed by atoms with E-state index in [2.05, 4.69) is 38.2 Å². The van der Waals surface area contributed by atoms with Crippen LogP contribution in [-0.4, -0.2) is 40.4 Å². The number of aryl methyl sites for hydroxylation is 1. The van der Waals surface area contributed by atoms with Crippen molar-refractivity contribution in [2.24, 2.45) is 0 Å². The zero-order valence-corrected chi connectivity index (χ0v) is 13.8. The zero-order valence-electron chi connectivity index (χ0n) is 12.2. The molecule has 112 valence electrons. The first kappa shape index (κ1) is 15.5. The molecule has 0 aromatic carbocycles. The van der Waals surface area contributed by atoms with Gasteiger partial charge in [0.15, 0.2) is 0 Å². The van der Waals surface area contributed by atoms with E-state index in [0.717, 1.165) is 31.6 Å². The highest BCUT2D eigenvalue weighted by atomic mass is 79.9. The van der Waals surface area contributed by atoms with Gasteiger partial charge in [-0.25, -0.2) is 4.68 Å². The number of likely N-dealkylation sites (tertiary alicyclic amines) is 1. The Bertz CT molecular complexity index is 502. The van der Waals surface area contributed by atoms with E-state index in [0.29, 0.717) is 17.1 Å². The minimum absolute atomic E-state index is 0.0555. The molecule has 1 fully saturated rings. The van der Waals surface area contributed by atoms with Crippen molar-refractivity contribution in [1.29, 1.82) is 0 Å². The quantitative estimate of drug-likeness (QED) is 0.891. The Morgan fingerprint density at radius 3 is 3.00 bits per heavy atom. The number of likely N-dealkylation sites (N-methyl/N-ethyl adjacent to an activating group) is 1. The Morgan fingerprint density at radius 2 is 2.30 bits per heavy atom. The first-order chi connectivity index (χ1) is 9.65. The highest BCUT2D eigenvalue weighted by Crippen LogP contribution is 2.20. The topological polar surface area (TPSA) is 50.2 Å². The van der Waals surface area contributed by atoms with E-state index in [9.17, 15) is 4.79 Å². The van der Waals surface area contributed by atoms with Gasteiger partial charge in [0.25, 0.3) is 5.56 Å². The van der Waals surface area contributed by atoms with E-state index >= 15 is 0 Å². The summed E-state index contributed by atoms with van der Waals surface area (Å²) in [5, 5.41) is 7.69. The lowest BCUT2D eigenvalue weighted by Gasteiger charge is -2.32. The van der Waals surface area contributed by atoms with Crippen LogP contribution in [0.15, 0.2) is 15.5 Å². The van der Waals surface area contributed by atoms with Crippen molar-refractivity contribution in [2.45, 2.75) is 45.7 Å². The highest BCUT2D eigenvalue weighted by Gasteiger charge is 2.20. The Hall–Kier alpha value is -0.880. The Labute approximate surface area is 128 Å². The fourth-order valence-corrected chi connectivity index (χ4v) is 3.04. The molecule has 1 aromatic heterocycles. The van der Waals surface area contributed by atoms with Gasteiger partial charge in [-0.3, -0.25) is 4.79 Å². The summed E-state index contributed by atoms with van der Waals surface area (Å²) < 4.78 is 2.10. The average Bonchev–Trinajstić information content (AvgIpc) is 2.47. The van der Waals surface area contributed by atoms with E-state index in [1.54, 1.807) is 6.20 Å². The van der Waals surface area contributed by atoms with E-state index in [1.807, 2.05) is 6.92 Å². The molecule has 1 aliphatic heterocycles. The van der Waals surface area contributed by atoms with Gasteiger partial charge >= 0.3 is 0 Å². The van der Waals surface area contributed by atoms with Crippen LogP contribution in [0.5, 0.6) is 0 Å². The first-order valence-corrected chi connectivity index (χ1v) is 8.19. The van der Waals surface area contributed by atoms with Crippen LogP contribution in [0.3, 0.4) is 0 Å². The third-order valence-corrected chi connectivity index (χ3v) is 4.50. The van der Waals surface area contributed by atoms with Crippen molar-refractivity contribution in [3.8, 4) is 0 Å². The van der Waals surface area contributed by atoms with Crippen LogP contribution in [-0.2, 0) is 6.54 Å². The number of rotatable bonds is 5. The predicted octanol–water partition coefficient (Wildman–Crippen LogP) is 2.31. The molecule has 1 saturated heterocycles. The van der Waals surface area contributed by atoms with Gasteiger partial charge < -0.3 is 10.2 Å². The molecule has 2 heterocycles. The third kappa shape index (κ3) is 3.61. The molecule has 20 heavy (non-hydrogen) atoms. The number of nitrogens with zero attached hydrogens (tertiary/aromatic N) is 3. The second-order valence-corrected chi connectivity index (χ2v) is 6.07. The standard InChI is InChI=1S/C14H23BrN4O/c1-3-7-19-14(20)13(15)12(9-16-19)17-11-6-5-8-18(4-2)10-11/h9,11,17H,3-8,10H2,1-2H3. The molecule has 2 rings (SSSR count). The molecule has 1 atom stereocenters. The number of halogens is 1. The number of aromatic nitrogens is 2. The van der Waals surface area contributed by atoms with E-state index in [-0.39, 0.29) is 5.56 Å². The summed E-state index contributed by atoms with van der Waals surface area (Å²) in [6.45, 7) is 8.16. The molecular formula is C14H23BrN4O. The van der Waals surface area contributed by atoms with Crippen LogP contribution in [0.25, 0.3) is 0 Å². The molecule has 5 nitrogen and oxygen atoms in total. The minimum atomic E-state index is -0.0555. The molecule has 1 unspecified atom stereocenters. The van der Waals surface area contributed by atoms with Gasteiger partial charge in [0, 0.05) is 19.1 Å². The zero-order chi connectivity index (χ0) is 14.5. The van der Waals surface area contributed by atoms with Gasteiger partial charge in [0.05, 0.1) is 11.9 Å². The van der Waals surface area contributed by atoms with E-state index in [4.69, 9.17) is 0 Å². The molecule has 1 N–H and O–H groups in total. The normalized spacial score (nSPS) is 20.1.